The summed E-state index contributed by atoms with van der Waals surface area (Å²) in [6, 6.07) is 7.88. The van der Waals surface area contributed by atoms with Crippen molar-refractivity contribution in [3.05, 3.63) is 41.5 Å². The van der Waals surface area contributed by atoms with E-state index in [0.717, 1.165) is 23.9 Å². The van der Waals surface area contributed by atoms with Gasteiger partial charge in [0.15, 0.2) is 0 Å². The number of quaternary nitrogens is 2. The van der Waals surface area contributed by atoms with Gasteiger partial charge in [0.1, 0.15) is 38.0 Å². The van der Waals surface area contributed by atoms with Crippen LogP contribution in [0.25, 0.3) is 0 Å². The highest BCUT2D eigenvalue weighted by molar-refractivity contribution is 5.16. The highest BCUT2D eigenvalue weighted by Gasteiger charge is 2.36. The third-order valence-corrected chi connectivity index (χ3v) is 6.92. The summed E-state index contributed by atoms with van der Waals surface area (Å²) in [6.45, 7) is 7.77. The number of tetrazole rings is 1. The van der Waals surface area contributed by atoms with Crippen molar-refractivity contribution in [1.29, 1.82) is 0 Å². The van der Waals surface area contributed by atoms with Crippen LogP contribution in [-0.2, 0) is 6.54 Å². The number of rotatable bonds is 8. The lowest BCUT2D eigenvalue weighted by molar-refractivity contribution is -1.04. The van der Waals surface area contributed by atoms with Gasteiger partial charge < -0.3 is 9.80 Å². The summed E-state index contributed by atoms with van der Waals surface area (Å²) in [7, 11) is 0. The first-order valence-electron chi connectivity index (χ1n) is 11.4. The van der Waals surface area contributed by atoms with Crippen molar-refractivity contribution < 1.29 is 14.2 Å². The minimum absolute atomic E-state index is 0.210. The van der Waals surface area contributed by atoms with E-state index in [1.54, 1.807) is 4.90 Å². The molecular weight excluding hydrogens is 367 g/mol. The molecule has 2 aliphatic rings. The van der Waals surface area contributed by atoms with E-state index in [9.17, 15) is 4.39 Å². The second kappa shape index (κ2) is 9.76. The molecule has 1 aliphatic heterocycles. The topological polar surface area (TPSA) is 52.5 Å². The molecule has 29 heavy (non-hydrogen) atoms. The molecule has 7 heteroatoms. The number of piperazine rings is 1. The zero-order valence-electron chi connectivity index (χ0n) is 17.6. The first-order valence-corrected chi connectivity index (χ1v) is 11.4. The molecule has 1 aliphatic carbocycles. The van der Waals surface area contributed by atoms with E-state index in [0.29, 0.717) is 12.6 Å². The summed E-state index contributed by atoms with van der Waals surface area (Å²) in [5, 5.41) is 12.7. The fraction of sp³-hybridized carbons (Fsp3) is 0.682. The summed E-state index contributed by atoms with van der Waals surface area (Å²) in [4.78, 5) is 3.46. The Morgan fingerprint density at radius 2 is 1.83 bits per heavy atom. The van der Waals surface area contributed by atoms with E-state index < -0.39 is 0 Å². The molecule has 1 saturated carbocycles. The minimum atomic E-state index is -0.210. The third kappa shape index (κ3) is 5.01. The molecule has 0 unspecified atom stereocenters. The Kier molecular flexibility index (Phi) is 6.87. The lowest BCUT2D eigenvalue weighted by Gasteiger charge is -2.36. The molecule has 0 amide bonds. The fourth-order valence-corrected chi connectivity index (χ4v) is 5.24. The van der Waals surface area contributed by atoms with Crippen molar-refractivity contribution in [2.45, 2.75) is 70.5 Å². The average Bonchev–Trinajstić information content (AvgIpc) is 3.43. The van der Waals surface area contributed by atoms with Gasteiger partial charge in [-0.15, -0.1) is 5.10 Å². The second-order valence-corrected chi connectivity index (χ2v) is 8.81. The average molecular weight is 403 g/mol. The number of aromatic nitrogens is 4. The zero-order chi connectivity index (χ0) is 20.1. The summed E-state index contributed by atoms with van der Waals surface area (Å²) < 4.78 is 15.2. The highest BCUT2D eigenvalue weighted by Crippen LogP contribution is 2.17. The Balaban J connectivity index is 1.46. The van der Waals surface area contributed by atoms with Crippen molar-refractivity contribution >= 4 is 0 Å². The molecular formula is C22H35FN6+2. The van der Waals surface area contributed by atoms with Gasteiger partial charge in [-0.2, -0.15) is 0 Å². The van der Waals surface area contributed by atoms with Gasteiger partial charge in [-0.05, 0) is 60.2 Å². The number of nitrogens with zero attached hydrogens (tertiary/aromatic N) is 4. The van der Waals surface area contributed by atoms with Crippen molar-refractivity contribution in [3.63, 3.8) is 0 Å². The molecule has 1 saturated heterocycles. The van der Waals surface area contributed by atoms with Gasteiger partial charge in [-0.3, -0.25) is 0 Å². The van der Waals surface area contributed by atoms with Gasteiger partial charge >= 0.3 is 0 Å². The van der Waals surface area contributed by atoms with E-state index >= 15 is 0 Å². The van der Waals surface area contributed by atoms with Gasteiger partial charge in [-0.1, -0.05) is 25.5 Å². The molecule has 0 radical (unpaired) electrons. The standard InChI is InChI=1S/C22H33FN6/c1-2-3-8-21(28-15-13-27(14-16-28)20-6-4-5-7-20)22-24-25-26-29(22)17-18-9-11-19(23)12-10-18/h9-12,20-21H,2-8,13-17H2,1H3/p+2/t21-/m1/s1. The molecule has 2 fully saturated rings. The summed E-state index contributed by atoms with van der Waals surface area (Å²) in [5.74, 6) is 0.778. The lowest BCUT2D eigenvalue weighted by atomic mass is 10.1. The second-order valence-electron chi connectivity index (χ2n) is 8.81. The maximum Gasteiger partial charge on any atom is 0.209 e. The highest BCUT2D eigenvalue weighted by atomic mass is 19.1. The molecule has 1 atom stereocenters. The third-order valence-electron chi connectivity index (χ3n) is 6.92. The van der Waals surface area contributed by atoms with Crippen LogP contribution in [0.4, 0.5) is 4.39 Å². The molecule has 2 heterocycles. The normalized spacial score (nSPS) is 24.1. The Hall–Kier alpha value is -1.86. The maximum atomic E-state index is 13.2. The van der Waals surface area contributed by atoms with Crippen molar-refractivity contribution in [2.75, 3.05) is 26.2 Å². The molecule has 0 spiro atoms. The molecule has 1 aromatic carbocycles. The quantitative estimate of drug-likeness (QED) is 0.687. The molecule has 0 bridgehead atoms. The first-order chi connectivity index (χ1) is 14.2. The molecule has 2 N–H and O–H groups in total. The van der Waals surface area contributed by atoms with Crippen LogP contribution in [0.5, 0.6) is 0 Å². The SMILES string of the molecule is CCCC[C@H](c1nnnn1Cc1ccc(F)cc1)[NH+]1CC[NH+](C2CCCC2)CC1. The fourth-order valence-electron chi connectivity index (χ4n) is 5.24. The number of hydrogen-bond acceptors (Lipinski definition) is 3. The maximum absolute atomic E-state index is 13.2. The van der Waals surface area contributed by atoms with Crippen LogP contribution in [0.3, 0.4) is 0 Å². The van der Waals surface area contributed by atoms with Crippen LogP contribution in [0.2, 0.25) is 0 Å². The van der Waals surface area contributed by atoms with E-state index in [1.165, 1.54) is 76.8 Å². The monoisotopic (exact) mass is 402 g/mol. The first kappa shape index (κ1) is 20.4. The molecule has 158 valence electrons. The lowest BCUT2D eigenvalue weighted by Crippen LogP contribution is -3.29. The summed E-state index contributed by atoms with van der Waals surface area (Å²) in [5.41, 5.74) is 1.03. The van der Waals surface area contributed by atoms with Gasteiger partial charge in [0.25, 0.3) is 0 Å². The van der Waals surface area contributed by atoms with Gasteiger partial charge in [-0.25, -0.2) is 9.07 Å². The number of unbranched alkanes of at least 4 members (excludes halogenated alkanes) is 1. The Morgan fingerprint density at radius 1 is 1.10 bits per heavy atom. The Labute approximate surface area is 173 Å². The molecule has 2 aromatic rings. The van der Waals surface area contributed by atoms with Crippen LogP contribution in [0.1, 0.15) is 69.3 Å². The van der Waals surface area contributed by atoms with Crippen LogP contribution < -0.4 is 9.80 Å². The molecule has 6 nitrogen and oxygen atoms in total. The summed E-state index contributed by atoms with van der Waals surface area (Å²) in [6.07, 6.45) is 9.16. The van der Waals surface area contributed by atoms with Crippen LogP contribution >= 0.6 is 0 Å². The van der Waals surface area contributed by atoms with Crippen LogP contribution in [-0.4, -0.2) is 52.4 Å². The predicted octanol–water partition coefficient (Wildman–Crippen LogP) is 0.818. The van der Waals surface area contributed by atoms with Gasteiger partial charge in [0.05, 0.1) is 12.6 Å². The van der Waals surface area contributed by atoms with Gasteiger partial charge in [0.2, 0.25) is 5.82 Å². The predicted molar refractivity (Wildman–Crippen MR) is 109 cm³/mol. The van der Waals surface area contributed by atoms with E-state index in [2.05, 4.69) is 22.4 Å². The van der Waals surface area contributed by atoms with E-state index in [1.807, 2.05) is 21.7 Å². The van der Waals surface area contributed by atoms with Crippen molar-refractivity contribution in [1.82, 2.24) is 20.2 Å². The zero-order valence-corrected chi connectivity index (χ0v) is 17.6. The van der Waals surface area contributed by atoms with Gasteiger partial charge in [0, 0.05) is 6.42 Å². The molecule has 1 aromatic heterocycles. The van der Waals surface area contributed by atoms with Crippen molar-refractivity contribution in [3.8, 4) is 0 Å². The number of halogens is 1. The summed E-state index contributed by atoms with van der Waals surface area (Å²) >= 11 is 0. The van der Waals surface area contributed by atoms with E-state index in [-0.39, 0.29) is 5.82 Å². The minimum Gasteiger partial charge on any atom is -0.323 e. The number of nitrogens with one attached hydrogen (secondary N) is 2. The van der Waals surface area contributed by atoms with Crippen molar-refractivity contribution in [2.24, 2.45) is 0 Å². The Morgan fingerprint density at radius 3 is 2.52 bits per heavy atom. The number of hydrogen-bond donors (Lipinski definition) is 2. The van der Waals surface area contributed by atoms with Crippen LogP contribution in [0.15, 0.2) is 24.3 Å². The smallest absolute Gasteiger partial charge is 0.209 e. The molecule has 4 rings (SSSR count). The van der Waals surface area contributed by atoms with Crippen LogP contribution in [0, 0.1) is 5.82 Å². The largest absolute Gasteiger partial charge is 0.323 e. The van der Waals surface area contributed by atoms with E-state index in [4.69, 9.17) is 0 Å². The number of benzene rings is 1. The Bertz CT molecular complexity index is 747.